The van der Waals surface area contributed by atoms with E-state index in [1.165, 1.54) is 8.66 Å². The number of hydrogen-bond acceptors (Lipinski definition) is 2. The third kappa shape index (κ3) is 4.26. The number of rotatable bonds is 4. The van der Waals surface area contributed by atoms with Crippen molar-refractivity contribution in [3.63, 3.8) is 0 Å². The molecule has 1 heterocycles. The average molecular weight is 269 g/mol. The lowest BCUT2D eigenvalue weighted by molar-refractivity contribution is 0.771. The van der Waals surface area contributed by atoms with Crippen LogP contribution in [0.15, 0.2) is 28.6 Å². The Kier molecular flexibility index (Phi) is 6.76. The van der Waals surface area contributed by atoms with Crippen molar-refractivity contribution in [2.45, 2.75) is 6.54 Å². The summed E-state index contributed by atoms with van der Waals surface area (Å²) < 4.78 is 1.19. The van der Waals surface area contributed by atoms with Crippen molar-refractivity contribution >= 4 is 39.7 Å². The maximum absolute atomic E-state index is 3.63. The lowest BCUT2D eigenvalue weighted by Gasteiger charge is -1.95. The van der Waals surface area contributed by atoms with Crippen LogP contribution in [0, 0.1) is 0 Å². The van der Waals surface area contributed by atoms with E-state index in [-0.39, 0.29) is 12.4 Å². The van der Waals surface area contributed by atoms with Crippen molar-refractivity contribution in [2.24, 2.45) is 0 Å². The topological polar surface area (TPSA) is 12.0 Å². The van der Waals surface area contributed by atoms with Crippen LogP contribution in [-0.4, -0.2) is 6.54 Å². The van der Waals surface area contributed by atoms with E-state index in [0.717, 1.165) is 13.1 Å². The van der Waals surface area contributed by atoms with Gasteiger partial charge in [0, 0.05) is 18.0 Å². The standard InChI is InChI=1S/C8H10BrNS.ClH/c1-2-5-10-6-7-3-4-8(9)11-7;/h2-4,10H,1,5-6H2;1H. The normalized spacial score (nSPS) is 9.08. The molecule has 0 bridgehead atoms. The predicted molar refractivity (Wildman–Crippen MR) is 61.2 cm³/mol. The van der Waals surface area contributed by atoms with Gasteiger partial charge in [0.05, 0.1) is 3.79 Å². The molecule has 68 valence electrons. The largest absolute Gasteiger partial charge is 0.308 e. The molecule has 0 fully saturated rings. The van der Waals surface area contributed by atoms with E-state index >= 15 is 0 Å². The van der Waals surface area contributed by atoms with Gasteiger partial charge >= 0.3 is 0 Å². The van der Waals surface area contributed by atoms with Crippen LogP contribution < -0.4 is 5.32 Å². The molecular formula is C8H11BrClNS. The Bertz CT molecular complexity index is 237. The van der Waals surface area contributed by atoms with Crippen LogP contribution in [0.5, 0.6) is 0 Å². The Morgan fingerprint density at radius 1 is 1.58 bits per heavy atom. The molecule has 0 saturated heterocycles. The summed E-state index contributed by atoms with van der Waals surface area (Å²) in [5, 5.41) is 3.24. The van der Waals surface area contributed by atoms with Gasteiger partial charge in [-0.25, -0.2) is 0 Å². The SMILES string of the molecule is C=CCNCc1ccc(Br)s1.Cl. The van der Waals surface area contributed by atoms with Gasteiger partial charge in [0.25, 0.3) is 0 Å². The van der Waals surface area contributed by atoms with Crippen molar-refractivity contribution < 1.29 is 0 Å². The van der Waals surface area contributed by atoms with E-state index in [0.29, 0.717) is 0 Å². The lowest BCUT2D eigenvalue weighted by Crippen LogP contribution is -2.11. The van der Waals surface area contributed by atoms with E-state index in [1.807, 2.05) is 6.08 Å². The monoisotopic (exact) mass is 267 g/mol. The highest BCUT2D eigenvalue weighted by atomic mass is 79.9. The highest BCUT2D eigenvalue weighted by Crippen LogP contribution is 2.21. The Balaban J connectivity index is 0.00000121. The van der Waals surface area contributed by atoms with Crippen LogP contribution in [0.3, 0.4) is 0 Å². The molecule has 0 aromatic carbocycles. The summed E-state index contributed by atoms with van der Waals surface area (Å²) in [6.45, 7) is 5.43. The van der Waals surface area contributed by atoms with Crippen LogP contribution in [0.2, 0.25) is 0 Å². The zero-order valence-electron chi connectivity index (χ0n) is 6.55. The van der Waals surface area contributed by atoms with Gasteiger partial charge in [-0.2, -0.15) is 0 Å². The summed E-state index contributed by atoms with van der Waals surface area (Å²) in [5.41, 5.74) is 0. The third-order valence-corrected chi connectivity index (χ3v) is 2.84. The highest BCUT2D eigenvalue weighted by Gasteiger charge is 1.94. The van der Waals surface area contributed by atoms with Crippen LogP contribution in [0.1, 0.15) is 4.88 Å². The molecule has 1 N–H and O–H groups in total. The number of hydrogen-bond donors (Lipinski definition) is 1. The molecule has 0 unspecified atom stereocenters. The van der Waals surface area contributed by atoms with Gasteiger partial charge in [0.1, 0.15) is 0 Å². The first-order chi connectivity index (χ1) is 5.33. The summed E-state index contributed by atoms with van der Waals surface area (Å²) >= 11 is 5.17. The van der Waals surface area contributed by atoms with Gasteiger partial charge < -0.3 is 5.32 Å². The molecule has 0 atom stereocenters. The minimum atomic E-state index is 0. The number of thiophene rings is 1. The maximum Gasteiger partial charge on any atom is 0.0701 e. The third-order valence-electron chi connectivity index (χ3n) is 1.22. The molecule has 1 nitrogen and oxygen atoms in total. The molecule has 1 aromatic rings. The first kappa shape index (κ1) is 12.2. The fraction of sp³-hybridized carbons (Fsp3) is 0.250. The zero-order chi connectivity index (χ0) is 8.10. The fourth-order valence-electron chi connectivity index (χ4n) is 0.744. The quantitative estimate of drug-likeness (QED) is 0.653. The van der Waals surface area contributed by atoms with Gasteiger partial charge in [0.2, 0.25) is 0 Å². The molecular weight excluding hydrogens is 258 g/mol. The first-order valence-electron chi connectivity index (χ1n) is 3.39. The van der Waals surface area contributed by atoms with E-state index in [4.69, 9.17) is 0 Å². The Labute approximate surface area is 91.4 Å². The van der Waals surface area contributed by atoms with Crippen molar-refractivity contribution in [3.05, 3.63) is 33.5 Å². The summed E-state index contributed by atoms with van der Waals surface area (Å²) in [6, 6.07) is 4.18. The number of halogens is 2. The van der Waals surface area contributed by atoms with Crippen molar-refractivity contribution in [2.75, 3.05) is 6.54 Å². The highest BCUT2D eigenvalue weighted by molar-refractivity contribution is 9.11. The Morgan fingerprint density at radius 2 is 2.33 bits per heavy atom. The Hall–Kier alpha value is 0.170. The minimum absolute atomic E-state index is 0. The van der Waals surface area contributed by atoms with Gasteiger partial charge in [-0.1, -0.05) is 6.08 Å². The summed E-state index contributed by atoms with van der Waals surface area (Å²) in [5.74, 6) is 0. The molecule has 0 aliphatic heterocycles. The lowest BCUT2D eigenvalue weighted by atomic mass is 10.4. The molecule has 0 radical (unpaired) electrons. The number of nitrogens with one attached hydrogen (secondary N) is 1. The fourth-order valence-corrected chi connectivity index (χ4v) is 2.20. The molecule has 0 aliphatic rings. The molecule has 4 heteroatoms. The smallest absolute Gasteiger partial charge is 0.0701 e. The van der Waals surface area contributed by atoms with Crippen molar-refractivity contribution in [1.82, 2.24) is 5.32 Å². The van der Waals surface area contributed by atoms with E-state index in [9.17, 15) is 0 Å². The molecule has 0 amide bonds. The van der Waals surface area contributed by atoms with E-state index < -0.39 is 0 Å². The van der Waals surface area contributed by atoms with E-state index in [2.05, 4.69) is 40.0 Å². The summed E-state index contributed by atoms with van der Waals surface area (Å²) in [4.78, 5) is 1.35. The second-order valence-electron chi connectivity index (χ2n) is 2.13. The van der Waals surface area contributed by atoms with Crippen LogP contribution in [0.25, 0.3) is 0 Å². The van der Waals surface area contributed by atoms with Crippen LogP contribution >= 0.6 is 39.7 Å². The van der Waals surface area contributed by atoms with Gasteiger partial charge in [-0.3, -0.25) is 0 Å². The maximum atomic E-state index is 3.63. The second kappa shape index (κ2) is 6.66. The van der Waals surface area contributed by atoms with Crippen molar-refractivity contribution in [1.29, 1.82) is 0 Å². The molecule has 12 heavy (non-hydrogen) atoms. The summed E-state index contributed by atoms with van der Waals surface area (Å²) in [6.07, 6.45) is 1.86. The molecule has 1 aromatic heterocycles. The first-order valence-corrected chi connectivity index (χ1v) is 4.99. The second-order valence-corrected chi connectivity index (χ2v) is 4.67. The average Bonchev–Trinajstić information content (AvgIpc) is 2.37. The predicted octanol–water partition coefficient (Wildman–Crippen LogP) is 3.21. The van der Waals surface area contributed by atoms with Crippen LogP contribution in [-0.2, 0) is 6.54 Å². The Morgan fingerprint density at radius 3 is 2.83 bits per heavy atom. The van der Waals surface area contributed by atoms with Gasteiger partial charge in [0.15, 0.2) is 0 Å². The molecule has 0 saturated carbocycles. The molecule has 1 rings (SSSR count). The van der Waals surface area contributed by atoms with Crippen molar-refractivity contribution in [3.8, 4) is 0 Å². The van der Waals surface area contributed by atoms with E-state index in [1.54, 1.807) is 11.3 Å². The van der Waals surface area contributed by atoms with Gasteiger partial charge in [-0.05, 0) is 28.1 Å². The molecule has 0 spiro atoms. The van der Waals surface area contributed by atoms with Crippen LogP contribution in [0.4, 0.5) is 0 Å². The zero-order valence-corrected chi connectivity index (χ0v) is 9.77. The summed E-state index contributed by atoms with van der Waals surface area (Å²) in [7, 11) is 0. The molecule has 0 aliphatic carbocycles. The minimum Gasteiger partial charge on any atom is -0.308 e. The van der Waals surface area contributed by atoms with Gasteiger partial charge in [-0.15, -0.1) is 30.3 Å².